The minimum absolute atomic E-state index is 0.110. The fraction of sp³-hybridized carbons (Fsp3) is 0.474. The predicted octanol–water partition coefficient (Wildman–Crippen LogP) is 2.58. The van der Waals surface area contributed by atoms with Gasteiger partial charge in [0, 0.05) is 36.5 Å². The summed E-state index contributed by atoms with van der Waals surface area (Å²) < 4.78 is 0. The molecule has 0 spiro atoms. The molecule has 0 radical (unpaired) electrons. The number of carbonyl (C=O) groups is 1. The van der Waals surface area contributed by atoms with Gasteiger partial charge in [0.1, 0.15) is 5.82 Å². The van der Waals surface area contributed by atoms with Crippen LogP contribution in [0.4, 0.5) is 0 Å². The first-order valence-corrected chi connectivity index (χ1v) is 8.78. The summed E-state index contributed by atoms with van der Waals surface area (Å²) in [5.74, 6) is 0.361. The van der Waals surface area contributed by atoms with Crippen molar-refractivity contribution in [3.8, 4) is 0 Å². The van der Waals surface area contributed by atoms with Gasteiger partial charge in [0.05, 0.1) is 12.1 Å². The van der Waals surface area contributed by atoms with E-state index in [-0.39, 0.29) is 6.42 Å². The van der Waals surface area contributed by atoms with Crippen molar-refractivity contribution in [1.82, 2.24) is 19.9 Å². The lowest BCUT2D eigenvalue weighted by Gasteiger charge is -2.31. The summed E-state index contributed by atoms with van der Waals surface area (Å²) >= 11 is 0. The average molecular weight is 340 g/mol. The van der Waals surface area contributed by atoms with E-state index in [4.69, 9.17) is 5.11 Å². The summed E-state index contributed by atoms with van der Waals surface area (Å²) in [6.45, 7) is 4.81. The minimum Gasteiger partial charge on any atom is -0.481 e. The SMILES string of the molecule is Cc1nc(CCC(=O)O)cc(C2CCN(Cc3ccccn3)CC2)n1. The molecule has 1 aliphatic rings. The maximum atomic E-state index is 10.8. The Kier molecular flexibility index (Phi) is 5.71. The summed E-state index contributed by atoms with van der Waals surface area (Å²) in [5.41, 5.74) is 3.00. The number of likely N-dealkylation sites (tertiary alicyclic amines) is 1. The first-order chi connectivity index (χ1) is 12.1. The fourth-order valence-electron chi connectivity index (χ4n) is 3.33. The molecule has 1 N–H and O–H groups in total. The monoisotopic (exact) mass is 340 g/mol. The first-order valence-electron chi connectivity index (χ1n) is 8.78. The number of carboxylic acids is 1. The molecule has 0 bridgehead atoms. The Hall–Kier alpha value is -2.34. The summed E-state index contributed by atoms with van der Waals surface area (Å²) in [6, 6.07) is 8.02. The maximum Gasteiger partial charge on any atom is 0.303 e. The van der Waals surface area contributed by atoms with Crippen LogP contribution in [0.15, 0.2) is 30.5 Å². The summed E-state index contributed by atoms with van der Waals surface area (Å²) in [5, 5.41) is 8.86. The van der Waals surface area contributed by atoms with Gasteiger partial charge in [0.25, 0.3) is 0 Å². The van der Waals surface area contributed by atoms with Crippen molar-refractivity contribution in [3.63, 3.8) is 0 Å². The highest BCUT2D eigenvalue weighted by Gasteiger charge is 2.22. The number of rotatable bonds is 6. The number of hydrogen-bond donors (Lipinski definition) is 1. The highest BCUT2D eigenvalue weighted by atomic mass is 16.4. The zero-order chi connectivity index (χ0) is 17.6. The van der Waals surface area contributed by atoms with Gasteiger partial charge in [-0.25, -0.2) is 9.97 Å². The zero-order valence-corrected chi connectivity index (χ0v) is 14.6. The molecular weight excluding hydrogens is 316 g/mol. The van der Waals surface area contributed by atoms with Gasteiger partial charge in [-0.15, -0.1) is 0 Å². The van der Waals surface area contributed by atoms with Crippen molar-refractivity contribution in [2.75, 3.05) is 13.1 Å². The van der Waals surface area contributed by atoms with Gasteiger partial charge in [-0.2, -0.15) is 0 Å². The molecule has 0 atom stereocenters. The number of hydrogen-bond acceptors (Lipinski definition) is 5. The smallest absolute Gasteiger partial charge is 0.303 e. The van der Waals surface area contributed by atoms with Crippen molar-refractivity contribution in [1.29, 1.82) is 0 Å². The molecule has 1 aliphatic heterocycles. The Morgan fingerprint density at radius 2 is 2.04 bits per heavy atom. The second kappa shape index (κ2) is 8.16. The number of aromatic nitrogens is 3. The van der Waals surface area contributed by atoms with Gasteiger partial charge in [-0.1, -0.05) is 6.07 Å². The van der Waals surface area contributed by atoms with Crippen LogP contribution in [0.5, 0.6) is 0 Å². The van der Waals surface area contributed by atoms with E-state index in [2.05, 4.69) is 25.9 Å². The van der Waals surface area contributed by atoms with Gasteiger partial charge in [-0.05, 0) is 51.1 Å². The lowest BCUT2D eigenvalue weighted by Crippen LogP contribution is -2.33. The predicted molar refractivity (Wildman–Crippen MR) is 94.2 cm³/mol. The van der Waals surface area contributed by atoms with E-state index < -0.39 is 5.97 Å². The molecule has 6 heteroatoms. The first kappa shape index (κ1) is 17.5. The van der Waals surface area contributed by atoms with Crippen molar-refractivity contribution in [2.45, 2.75) is 45.1 Å². The van der Waals surface area contributed by atoms with Crippen LogP contribution in [0, 0.1) is 6.92 Å². The van der Waals surface area contributed by atoms with Crippen LogP contribution in [0.1, 0.15) is 48.1 Å². The van der Waals surface area contributed by atoms with Crippen LogP contribution in [-0.4, -0.2) is 44.0 Å². The highest BCUT2D eigenvalue weighted by Crippen LogP contribution is 2.28. The van der Waals surface area contributed by atoms with E-state index in [0.717, 1.165) is 55.4 Å². The molecule has 1 fully saturated rings. The van der Waals surface area contributed by atoms with Crippen LogP contribution in [0.2, 0.25) is 0 Å². The molecule has 132 valence electrons. The largest absolute Gasteiger partial charge is 0.481 e. The summed E-state index contributed by atoms with van der Waals surface area (Å²) in [7, 11) is 0. The van der Waals surface area contributed by atoms with Crippen molar-refractivity contribution in [3.05, 3.63) is 53.4 Å². The van der Waals surface area contributed by atoms with Gasteiger partial charge < -0.3 is 5.11 Å². The van der Waals surface area contributed by atoms with Crippen LogP contribution >= 0.6 is 0 Å². The third kappa shape index (κ3) is 5.06. The third-order valence-corrected chi connectivity index (χ3v) is 4.62. The van der Waals surface area contributed by atoms with Crippen LogP contribution < -0.4 is 0 Å². The molecule has 6 nitrogen and oxygen atoms in total. The van der Waals surface area contributed by atoms with Gasteiger partial charge >= 0.3 is 5.97 Å². The molecule has 0 unspecified atom stereocenters. The Labute approximate surface area is 148 Å². The van der Waals surface area contributed by atoms with E-state index in [1.54, 1.807) is 0 Å². The molecule has 2 aromatic rings. The molecule has 0 saturated carbocycles. The third-order valence-electron chi connectivity index (χ3n) is 4.62. The molecular formula is C19H24N4O2. The number of aliphatic carboxylic acids is 1. The number of aryl methyl sites for hydroxylation is 2. The molecule has 0 aliphatic carbocycles. The molecule has 1 saturated heterocycles. The second-order valence-corrected chi connectivity index (χ2v) is 6.60. The fourth-order valence-corrected chi connectivity index (χ4v) is 3.33. The van der Waals surface area contributed by atoms with E-state index in [0.29, 0.717) is 12.3 Å². The maximum absolute atomic E-state index is 10.8. The Balaban J connectivity index is 1.59. The van der Waals surface area contributed by atoms with Crippen molar-refractivity contribution < 1.29 is 9.90 Å². The van der Waals surface area contributed by atoms with E-state index in [9.17, 15) is 4.79 Å². The van der Waals surface area contributed by atoms with Crippen LogP contribution in [0.3, 0.4) is 0 Å². The number of pyridine rings is 1. The Morgan fingerprint density at radius 1 is 1.24 bits per heavy atom. The quantitative estimate of drug-likeness (QED) is 0.871. The van der Waals surface area contributed by atoms with Crippen molar-refractivity contribution in [2.24, 2.45) is 0 Å². The lowest BCUT2D eigenvalue weighted by molar-refractivity contribution is -0.136. The normalized spacial score (nSPS) is 16.0. The van der Waals surface area contributed by atoms with E-state index >= 15 is 0 Å². The summed E-state index contributed by atoms with van der Waals surface area (Å²) in [6.07, 6.45) is 4.52. The lowest BCUT2D eigenvalue weighted by atomic mass is 9.92. The molecule has 3 heterocycles. The molecule has 3 rings (SSSR count). The van der Waals surface area contributed by atoms with Crippen LogP contribution in [-0.2, 0) is 17.8 Å². The van der Waals surface area contributed by atoms with Crippen molar-refractivity contribution >= 4 is 5.97 Å². The molecule has 0 aromatic carbocycles. The van der Waals surface area contributed by atoms with Gasteiger partial charge in [-0.3, -0.25) is 14.7 Å². The number of nitrogens with zero attached hydrogens (tertiary/aromatic N) is 4. The number of piperidine rings is 1. The number of carboxylic acid groups (broad SMARTS) is 1. The zero-order valence-electron chi connectivity index (χ0n) is 14.6. The highest BCUT2D eigenvalue weighted by molar-refractivity contribution is 5.66. The topological polar surface area (TPSA) is 79.2 Å². The molecule has 2 aromatic heterocycles. The Bertz CT molecular complexity index is 713. The Morgan fingerprint density at radius 3 is 2.72 bits per heavy atom. The molecule has 25 heavy (non-hydrogen) atoms. The van der Waals surface area contributed by atoms with Crippen LogP contribution in [0.25, 0.3) is 0 Å². The second-order valence-electron chi connectivity index (χ2n) is 6.60. The minimum atomic E-state index is -0.791. The van der Waals surface area contributed by atoms with E-state index in [1.165, 1.54) is 0 Å². The standard InChI is InChI=1S/C19H24N4O2/c1-14-21-16(5-6-19(24)25)12-18(22-14)15-7-10-23(11-8-15)13-17-4-2-3-9-20-17/h2-4,9,12,15H,5-8,10-11,13H2,1H3,(H,24,25). The summed E-state index contributed by atoms with van der Waals surface area (Å²) in [4.78, 5) is 26.6. The average Bonchev–Trinajstić information content (AvgIpc) is 2.61. The molecule has 0 amide bonds. The van der Waals surface area contributed by atoms with E-state index in [1.807, 2.05) is 31.3 Å². The van der Waals surface area contributed by atoms with Gasteiger partial charge in [0.15, 0.2) is 0 Å². The van der Waals surface area contributed by atoms with Gasteiger partial charge in [0.2, 0.25) is 0 Å².